The van der Waals surface area contributed by atoms with Crippen LogP contribution in [-0.4, -0.2) is 100 Å². The minimum atomic E-state index is -1.58. The molecule has 83 heavy (non-hydrogen) atoms. The Bertz CT molecular complexity index is 1560. The third-order valence-corrected chi connectivity index (χ3v) is 16.4. The first-order valence-corrected chi connectivity index (χ1v) is 35.0. The number of ether oxygens (including phenoxy) is 3. The molecule has 0 spiro atoms. The number of amides is 1. The first-order valence-electron chi connectivity index (χ1n) is 35.0. The van der Waals surface area contributed by atoms with Gasteiger partial charge in [0, 0.05) is 12.8 Å². The lowest BCUT2D eigenvalue weighted by molar-refractivity contribution is -0.302. The molecule has 1 amide bonds. The summed E-state index contributed by atoms with van der Waals surface area (Å²) in [5.74, 6) is -0.188. The van der Waals surface area contributed by atoms with Crippen molar-refractivity contribution in [3.8, 4) is 0 Å². The van der Waals surface area contributed by atoms with Crippen molar-refractivity contribution in [2.24, 2.45) is 0 Å². The number of hydrogen-bond acceptors (Lipinski definition) is 10. The zero-order valence-electron chi connectivity index (χ0n) is 53.7. The molecule has 11 nitrogen and oxygen atoms in total. The van der Waals surface area contributed by atoms with Crippen LogP contribution in [0.15, 0.2) is 60.8 Å². The molecule has 1 fully saturated rings. The quantitative estimate of drug-likeness (QED) is 0.0195. The Morgan fingerprint density at radius 3 is 1.33 bits per heavy atom. The number of carbonyl (C=O) groups is 2. The summed E-state index contributed by atoms with van der Waals surface area (Å²) in [6.07, 6.45) is 71.2. The largest absolute Gasteiger partial charge is 0.466 e. The van der Waals surface area contributed by atoms with Crippen LogP contribution in [0.3, 0.4) is 0 Å². The van der Waals surface area contributed by atoms with Crippen molar-refractivity contribution in [3.63, 3.8) is 0 Å². The van der Waals surface area contributed by atoms with E-state index < -0.39 is 49.5 Å². The van der Waals surface area contributed by atoms with Crippen LogP contribution in [0.1, 0.15) is 322 Å². The van der Waals surface area contributed by atoms with Gasteiger partial charge in [0.25, 0.3) is 0 Å². The number of hydrogen-bond donors (Lipinski definition) is 6. The van der Waals surface area contributed by atoms with Gasteiger partial charge in [-0.05, 0) is 84.0 Å². The molecule has 1 aliphatic rings. The van der Waals surface area contributed by atoms with Crippen molar-refractivity contribution in [2.75, 3.05) is 19.8 Å². The molecule has 7 unspecified atom stereocenters. The van der Waals surface area contributed by atoms with Crippen LogP contribution in [0.4, 0.5) is 0 Å². The first kappa shape index (κ1) is 78.4. The molecule has 0 bridgehead atoms. The maximum Gasteiger partial charge on any atom is 0.305 e. The van der Waals surface area contributed by atoms with Crippen LogP contribution in [0.2, 0.25) is 0 Å². The Hall–Kier alpha value is -2.64. The highest BCUT2D eigenvalue weighted by Crippen LogP contribution is 2.23. The summed E-state index contributed by atoms with van der Waals surface area (Å²) in [5, 5.41) is 54.2. The monoisotopic (exact) mass is 1170 g/mol. The van der Waals surface area contributed by atoms with E-state index in [0.29, 0.717) is 19.4 Å². The highest BCUT2D eigenvalue weighted by molar-refractivity contribution is 5.76. The summed E-state index contributed by atoms with van der Waals surface area (Å²) in [6.45, 7) is 4.11. The van der Waals surface area contributed by atoms with E-state index in [1.807, 2.05) is 19.1 Å². The third kappa shape index (κ3) is 50.1. The predicted molar refractivity (Wildman–Crippen MR) is 347 cm³/mol. The van der Waals surface area contributed by atoms with Crippen LogP contribution in [0.5, 0.6) is 0 Å². The summed E-state index contributed by atoms with van der Waals surface area (Å²) in [6, 6.07) is -0.832. The number of aliphatic hydroxyl groups is 5. The highest BCUT2D eigenvalue weighted by atomic mass is 16.7. The van der Waals surface area contributed by atoms with Gasteiger partial charge < -0.3 is 45.1 Å². The van der Waals surface area contributed by atoms with E-state index in [2.05, 4.69) is 54.8 Å². The van der Waals surface area contributed by atoms with Crippen molar-refractivity contribution < 1.29 is 49.3 Å². The highest BCUT2D eigenvalue weighted by Gasteiger charge is 2.44. The standard InChI is InChI=1S/C72H131NO10/c1-3-5-7-9-11-13-39-44-48-52-56-60-68(77)81-61-57-53-49-45-41-38-36-34-32-30-28-26-24-22-20-18-16-14-15-17-19-21-23-25-27-29-31-33-35-37-40-43-47-51-55-59-67(76)73-64(65(75)58-54-50-46-42-12-10-8-6-4-2)63-82-72-71(80)70(79)69(78)66(62-74)83-72/h4,6,12,16,18,22,24,42,54,58,64-66,69-72,74-75,78-80H,3,5,7-11,13-15,17,19-21,23,25-41,43-53,55-57,59-63H2,1-2H3,(H,73,76)/b6-4+,18-16-,24-22-,42-12+,58-54+. The zero-order valence-corrected chi connectivity index (χ0v) is 53.7. The van der Waals surface area contributed by atoms with Crippen molar-refractivity contribution in [2.45, 2.75) is 365 Å². The van der Waals surface area contributed by atoms with E-state index in [4.69, 9.17) is 14.2 Å². The van der Waals surface area contributed by atoms with Gasteiger partial charge in [0.05, 0.1) is 32.0 Å². The van der Waals surface area contributed by atoms with Gasteiger partial charge in [-0.15, -0.1) is 0 Å². The summed E-state index contributed by atoms with van der Waals surface area (Å²) in [7, 11) is 0. The Balaban J connectivity index is 1.92. The van der Waals surface area contributed by atoms with Gasteiger partial charge >= 0.3 is 5.97 Å². The Morgan fingerprint density at radius 1 is 0.470 bits per heavy atom. The fraction of sp³-hybridized carbons (Fsp3) is 0.833. The molecular weight excluding hydrogens is 1040 g/mol. The molecule has 1 aliphatic heterocycles. The van der Waals surface area contributed by atoms with Gasteiger partial charge in [0.1, 0.15) is 24.4 Å². The molecule has 1 heterocycles. The van der Waals surface area contributed by atoms with Gasteiger partial charge in [-0.1, -0.05) is 286 Å². The van der Waals surface area contributed by atoms with Gasteiger partial charge in [-0.2, -0.15) is 0 Å². The maximum absolute atomic E-state index is 13.0. The molecule has 0 aromatic heterocycles. The van der Waals surface area contributed by atoms with Crippen molar-refractivity contribution >= 4 is 11.9 Å². The van der Waals surface area contributed by atoms with Crippen molar-refractivity contribution in [1.82, 2.24) is 5.32 Å². The molecule has 0 saturated carbocycles. The molecule has 1 rings (SSSR count). The molecular formula is C72H131NO10. The van der Waals surface area contributed by atoms with E-state index in [1.54, 1.807) is 6.08 Å². The summed E-state index contributed by atoms with van der Waals surface area (Å²) < 4.78 is 16.7. The van der Waals surface area contributed by atoms with E-state index in [0.717, 1.165) is 64.2 Å². The second kappa shape index (κ2) is 61.0. The lowest BCUT2D eigenvalue weighted by Crippen LogP contribution is -2.60. The van der Waals surface area contributed by atoms with Crippen molar-refractivity contribution in [3.05, 3.63) is 60.8 Å². The molecule has 0 radical (unpaired) electrons. The van der Waals surface area contributed by atoms with E-state index in [-0.39, 0.29) is 18.5 Å². The molecule has 484 valence electrons. The predicted octanol–water partition coefficient (Wildman–Crippen LogP) is 17.7. The minimum absolute atomic E-state index is 0.00917. The maximum atomic E-state index is 13.0. The minimum Gasteiger partial charge on any atom is -0.466 e. The number of nitrogens with one attached hydrogen (secondary N) is 1. The second-order valence-electron chi connectivity index (χ2n) is 24.2. The van der Waals surface area contributed by atoms with E-state index in [9.17, 15) is 35.1 Å². The SMILES string of the molecule is C/C=C/CC/C=C/CC/C=C/C(O)C(COC1OC(CO)C(O)C(O)C1O)NC(=O)CCCCCCCCCCCCCCCCCCC/C=C\C/C=C\CCCCCCCCCCCCCOC(=O)CCCCCCCCCCCCC. The molecule has 6 N–H and O–H groups in total. The van der Waals surface area contributed by atoms with Crippen LogP contribution >= 0.6 is 0 Å². The van der Waals surface area contributed by atoms with Crippen LogP contribution < -0.4 is 5.32 Å². The Morgan fingerprint density at radius 2 is 0.867 bits per heavy atom. The van der Waals surface area contributed by atoms with Gasteiger partial charge in [-0.25, -0.2) is 0 Å². The second-order valence-corrected chi connectivity index (χ2v) is 24.2. The molecule has 0 aromatic carbocycles. The average Bonchev–Trinajstić information content (AvgIpc) is 3.69. The van der Waals surface area contributed by atoms with Gasteiger partial charge in [0.2, 0.25) is 5.91 Å². The van der Waals surface area contributed by atoms with Crippen LogP contribution in [-0.2, 0) is 23.8 Å². The lowest BCUT2D eigenvalue weighted by atomic mass is 9.99. The summed E-state index contributed by atoms with van der Waals surface area (Å²) in [4.78, 5) is 25.0. The number of carbonyl (C=O) groups excluding carboxylic acids is 2. The Kier molecular flexibility index (Phi) is 57.6. The van der Waals surface area contributed by atoms with Gasteiger partial charge in [0.15, 0.2) is 6.29 Å². The molecule has 0 aliphatic carbocycles. The summed E-state index contributed by atoms with van der Waals surface area (Å²) >= 11 is 0. The van der Waals surface area contributed by atoms with Crippen LogP contribution in [0, 0.1) is 0 Å². The van der Waals surface area contributed by atoms with Crippen molar-refractivity contribution in [1.29, 1.82) is 0 Å². The molecule has 0 aromatic rings. The zero-order chi connectivity index (χ0) is 60.2. The number of unbranched alkanes of at least 4 members (excludes halogenated alkanes) is 40. The normalized spacial score (nSPS) is 18.5. The van der Waals surface area contributed by atoms with Crippen LogP contribution in [0.25, 0.3) is 0 Å². The molecule has 11 heteroatoms. The first-order chi connectivity index (χ1) is 40.7. The topological polar surface area (TPSA) is 175 Å². The third-order valence-electron chi connectivity index (χ3n) is 16.4. The molecule has 1 saturated heterocycles. The fourth-order valence-corrected chi connectivity index (χ4v) is 10.9. The fourth-order valence-electron chi connectivity index (χ4n) is 10.9. The van der Waals surface area contributed by atoms with E-state index >= 15 is 0 Å². The Labute approximate surface area is 509 Å². The summed E-state index contributed by atoms with van der Waals surface area (Å²) in [5.41, 5.74) is 0. The number of rotatable bonds is 61. The lowest BCUT2D eigenvalue weighted by Gasteiger charge is -2.40. The smallest absolute Gasteiger partial charge is 0.305 e. The van der Waals surface area contributed by atoms with E-state index in [1.165, 1.54) is 231 Å². The van der Waals surface area contributed by atoms with Gasteiger partial charge in [-0.3, -0.25) is 9.59 Å². The number of esters is 1. The number of aliphatic hydroxyl groups excluding tert-OH is 5. The number of allylic oxidation sites excluding steroid dienone is 9. The molecule has 7 atom stereocenters. The average molecular weight is 1170 g/mol.